The van der Waals surface area contributed by atoms with E-state index in [1.165, 1.54) is 0 Å². The number of anilines is 1. The number of rotatable bonds is 4. The molecule has 2 aromatic heterocycles. The van der Waals surface area contributed by atoms with E-state index in [0.29, 0.717) is 11.9 Å². The first kappa shape index (κ1) is 15.4. The third kappa shape index (κ3) is 3.14. The molecule has 0 aliphatic carbocycles. The van der Waals surface area contributed by atoms with E-state index in [-0.39, 0.29) is 0 Å². The van der Waals surface area contributed by atoms with Gasteiger partial charge in [0.1, 0.15) is 15.1 Å². The van der Waals surface area contributed by atoms with Gasteiger partial charge in [-0.2, -0.15) is 0 Å². The number of aromatic nitrogens is 3. The molecule has 0 unspecified atom stereocenters. The summed E-state index contributed by atoms with van der Waals surface area (Å²) in [6, 6.07) is 6.16. The van der Waals surface area contributed by atoms with Crippen LogP contribution < -0.4 is 10.1 Å². The van der Waals surface area contributed by atoms with Crippen LogP contribution in [0.4, 0.5) is 5.13 Å². The van der Waals surface area contributed by atoms with Crippen molar-refractivity contribution in [1.82, 2.24) is 15.0 Å². The molecule has 0 aliphatic rings. The number of fused-ring (bicyclic) bond motifs is 1. The van der Waals surface area contributed by atoms with E-state index in [2.05, 4.69) is 56.7 Å². The van der Waals surface area contributed by atoms with Crippen LogP contribution in [-0.2, 0) is 0 Å². The van der Waals surface area contributed by atoms with Gasteiger partial charge in [0.2, 0.25) is 0 Å². The fourth-order valence-corrected chi connectivity index (χ4v) is 3.52. The number of ether oxygens (including phenoxy) is 1. The highest BCUT2D eigenvalue weighted by Gasteiger charge is 2.12. The Morgan fingerprint density at radius 2 is 2.05 bits per heavy atom. The third-order valence-corrected chi connectivity index (χ3v) is 4.60. The van der Waals surface area contributed by atoms with Crippen LogP contribution in [0.25, 0.3) is 22.4 Å². The van der Waals surface area contributed by atoms with E-state index in [1.54, 1.807) is 18.4 Å². The topological polar surface area (TPSA) is 59.9 Å². The molecular formula is C15H15IN4OS. The van der Waals surface area contributed by atoms with Crippen LogP contribution >= 0.6 is 33.9 Å². The van der Waals surface area contributed by atoms with Gasteiger partial charge in [0.25, 0.3) is 0 Å². The summed E-state index contributed by atoms with van der Waals surface area (Å²) in [6.07, 6.45) is 0. The van der Waals surface area contributed by atoms with Gasteiger partial charge in [-0.1, -0.05) is 0 Å². The molecule has 3 aromatic rings. The second kappa shape index (κ2) is 6.33. The van der Waals surface area contributed by atoms with Gasteiger partial charge < -0.3 is 10.1 Å². The molecule has 7 heteroatoms. The van der Waals surface area contributed by atoms with Crippen molar-refractivity contribution in [3.63, 3.8) is 0 Å². The maximum Gasteiger partial charge on any atom is 0.183 e. The molecule has 0 saturated carbocycles. The molecule has 1 N–H and O–H groups in total. The first-order valence-electron chi connectivity index (χ1n) is 6.80. The molecule has 0 atom stereocenters. The van der Waals surface area contributed by atoms with Gasteiger partial charge in [0.15, 0.2) is 11.0 Å². The van der Waals surface area contributed by atoms with Crippen molar-refractivity contribution in [1.29, 1.82) is 0 Å². The minimum absolute atomic E-state index is 0.348. The smallest absolute Gasteiger partial charge is 0.183 e. The quantitative estimate of drug-likeness (QED) is 0.501. The van der Waals surface area contributed by atoms with Crippen molar-refractivity contribution >= 4 is 50.0 Å². The summed E-state index contributed by atoms with van der Waals surface area (Å²) in [6.45, 7) is 4.17. The Bertz CT molecular complexity index is 818. The Hall–Kier alpha value is -1.48. The number of hydrogen-bond donors (Lipinski definition) is 1. The van der Waals surface area contributed by atoms with Crippen molar-refractivity contribution in [2.45, 2.75) is 19.9 Å². The van der Waals surface area contributed by atoms with Crippen LogP contribution in [0.5, 0.6) is 5.75 Å². The SMILES string of the molecule is COc1ccc2c(I)nc(-c3csc(NC(C)C)n3)nc2c1. The summed E-state index contributed by atoms with van der Waals surface area (Å²) < 4.78 is 6.18. The molecule has 0 fully saturated rings. The second-order valence-electron chi connectivity index (χ2n) is 5.06. The van der Waals surface area contributed by atoms with Crippen LogP contribution in [0.1, 0.15) is 13.8 Å². The van der Waals surface area contributed by atoms with Crippen molar-refractivity contribution < 1.29 is 4.74 Å². The van der Waals surface area contributed by atoms with Gasteiger partial charge in [-0.05, 0) is 48.6 Å². The lowest BCUT2D eigenvalue weighted by molar-refractivity contribution is 0.415. The molecule has 0 aliphatic heterocycles. The standard InChI is InChI=1S/C15H15IN4OS/c1-8(2)17-15-19-12(7-22-15)14-18-11-6-9(21-3)4-5-10(11)13(16)20-14/h4-8H,1-3H3,(H,17,19). The molecular weight excluding hydrogens is 411 g/mol. The van der Waals surface area contributed by atoms with E-state index in [1.807, 2.05) is 23.6 Å². The Labute approximate surface area is 146 Å². The molecule has 5 nitrogen and oxygen atoms in total. The normalized spacial score (nSPS) is 11.1. The first-order chi connectivity index (χ1) is 10.6. The largest absolute Gasteiger partial charge is 0.497 e. The van der Waals surface area contributed by atoms with Gasteiger partial charge in [-0.25, -0.2) is 15.0 Å². The van der Waals surface area contributed by atoms with Crippen molar-refractivity contribution in [2.24, 2.45) is 0 Å². The predicted molar refractivity (Wildman–Crippen MR) is 98.7 cm³/mol. The zero-order valence-corrected chi connectivity index (χ0v) is 15.4. The zero-order chi connectivity index (χ0) is 15.7. The molecule has 0 bridgehead atoms. The van der Waals surface area contributed by atoms with Gasteiger partial charge in [-0.15, -0.1) is 11.3 Å². The fourth-order valence-electron chi connectivity index (χ4n) is 2.00. The molecule has 0 radical (unpaired) electrons. The molecule has 22 heavy (non-hydrogen) atoms. The fraction of sp³-hybridized carbons (Fsp3) is 0.267. The molecule has 1 aromatic carbocycles. The summed E-state index contributed by atoms with van der Waals surface area (Å²) in [4.78, 5) is 13.8. The Morgan fingerprint density at radius 3 is 2.77 bits per heavy atom. The van der Waals surface area contributed by atoms with Crippen LogP contribution in [0, 0.1) is 3.70 Å². The van der Waals surface area contributed by atoms with Crippen molar-refractivity contribution in [3.8, 4) is 17.3 Å². The number of nitrogens with one attached hydrogen (secondary N) is 1. The number of thiazole rings is 1. The molecule has 0 spiro atoms. The van der Waals surface area contributed by atoms with Gasteiger partial charge >= 0.3 is 0 Å². The summed E-state index contributed by atoms with van der Waals surface area (Å²) in [5.74, 6) is 1.42. The first-order valence-corrected chi connectivity index (χ1v) is 8.76. The average molecular weight is 426 g/mol. The average Bonchev–Trinajstić information content (AvgIpc) is 2.94. The lowest BCUT2D eigenvalue weighted by atomic mass is 10.2. The lowest BCUT2D eigenvalue weighted by Crippen LogP contribution is -2.09. The van der Waals surface area contributed by atoms with Crippen molar-refractivity contribution in [3.05, 3.63) is 27.3 Å². The summed E-state index contributed by atoms with van der Waals surface area (Å²) in [5.41, 5.74) is 1.65. The maximum atomic E-state index is 5.27. The number of benzene rings is 1. The summed E-state index contributed by atoms with van der Waals surface area (Å²) in [5, 5.41) is 7.17. The maximum absolute atomic E-state index is 5.27. The molecule has 0 amide bonds. The minimum atomic E-state index is 0.348. The lowest BCUT2D eigenvalue weighted by Gasteiger charge is -2.06. The van der Waals surface area contributed by atoms with Gasteiger partial charge in [0, 0.05) is 22.9 Å². The van der Waals surface area contributed by atoms with Gasteiger partial charge in [-0.3, -0.25) is 0 Å². The molecule has 3 rings (SSSR count). The third-order valence-electron chi connectivity index (χ3n) is 3.00. The number of nitrogens with zero attached hydrogens (tertiary/aromatic N) is 3. The van der Waals surface area contributed by atoms with Crippen LogP contribution in [0.3, 0.4) is 0 Å². The van der Waals surface area contributed by atoms with Crippen molar-refractivity contribution in [2.75, 3.05) is 12.4 Å². The monoisotopic (exact) mass is 426 g/mol. The van der Waals surface area contributed by atoms with E-state index in [0.717, 1.165) is 31.2 Å². The van der Waals surface area contributed by atoms with Crippen LogP contribution in [0.2, 0.25) is 0 Å². The van der Waals surface area contributed by atoms with E-state index in [9.17, 15) is 0 Å². The molecule has 2 heterocycles. The Morgan fingerprint density at radius 1 is 1.23 bits per heavy atom. The predicted octanol–water partition coefficient (Wildman–Crippen LogP) is 4.19. The zero-order valence-electron chi connectivity index (χ0n) is 12.4. The van der Waals surface area contributed by atoms with E-state index >= 15 is 0 Å². The Balaban J connectivity index is 2.05. The highest BCUT2D eigenvalue weighted by molar-refractivity contribution is 14.1. The van der Waals surface area contributed by atoms with Crippen LogP contribution in [-0.4, -0.2) is 28.1 Å². The summed E-state index contributed by atoms with van der Waals surface area (Å²) in [7, 11) is 1.65. The molecule has 0 saturated heterocycles. The highest BCUT2D eigenvalue weighted by atomic mass is 127. The highest BCUT2D eigenvalue weighted by Crippen LogP contribution is 2.28. The second-order valence-corrected chi connectivity index (χ2v) is 6.94. The number of halogens is 1. The van der Waals surface area contributed by atoms with Crippen LogP contribution in [0.15, 0.2) is 23.6 Å². The number of hydrogen-bond acceptors (Lipinski definition) is 6. The Kier molecular flexibility index (Phi) is 4.44. The molecule has 114 valence electrons. The summed E-state index contributed by atoms with van der Waals surface area (Å²) >= 11 is 3.79. The van der Waals surface area contributed by atoms with Gasteiger partial charge in [0.05, 0.1) is 12.6 Å². The van der Waals surface area contributed by atoms with E-state index in [4.69, 9.17) is 4.74 Å². The minimum Gasteiger partial charge on any atom is -0.497 e. The number of methoxy groups -OCH3 is 1. The van der Waals surface area contributed by atoms with E-state index < -0.39 is 0 Å².